The molecule has 0 aliphatic heterocycles. The maximum absolute atomic E-state index is 11.5. The van der Waals surface area contributed by atoms with E-state index >= 15 is 0 Å². The number of hydrogen-bond acceptors (Lipinski definition) is 7. The first-order valence-corrected chi connectivity index (χ1v) is 5.75. The molecule has 1 amide bonds. The monoisotopic (exact) mass is 298 g/mol. The molecule has 0 heterocycles. The van der Waals surface area contributed by atoms with E-state index in [-0.39, 0.29) is 12.3 Å². The fourth-order valence-corrected chi connectivity index (χ4v) is 1.33. The summed E-state index contributed by atoms with van der Waals surface area (Å²) in [5.74, 6) is -0.773. The lowest BCUT2D eigenvalue weighted by atomic mass is 10.2. The summed E-state index contributed by atoms with van der Waals surface area (Å²) in [6.07, 6.45) is -2.15. The third kappa shape index (κ3) is 5.07. The van der Waals surface area contributed by atoms with Crippen molar-refractivity contribution in [3.63, 3.8) is 0 Å². The number of carbonyl (C=O) groups is 2. The lowest BCUT2D eigenvalue weighted by Gasteiger charge is -2.14. The number of alkyl carbamates (subject to hydrolysis) is 1. The highest BCUT2D eigenvalue weighted by Gasteiger charge is 2.21. The minimum Gasteiger partial charge on any atom is -0.466 e. The van der Waals surface area contributed by atoms with Gasteiger partial charge >= 0.3 is 12.1 Å². The maximum Gasteiger partial charge on any atom is 0.409 e. The van der Waals surface area contributed by atoms with Gasteiger partial charge in [-0.05, 0) is 17.7 Å². The summed E-state index contributed by atoms with van der Waals surface area (Å²) in [4.78, 5) is 32.6. The summed E-state index contributed by atoms with van der Waals surface area (Å²) < 4.78 is 14.0. The fourth-order valence-electron chi connectivity index (χ4n) is 1.33. The van der Waals surface area contributed by atoms with Gasteiger partial charge in [0.15, 0.2) is 0 Å². The van der Waals surface area contributed by atoms with Crippen LogP contribution in [0.1, 0.15) is 5.56 Å². The highest BCUT2D eigenvalue weighted by Crippen LogP contribution is 2.12. The third-order valence-corrected chi connectivity index (χ3v) is 2.42. The van der Waals surface area contributed by atoms with Crippen LogP contribution in [0.5, 0.6) is 0 Å². The minimum absolute atomic E-state index is 0.0617. The zero-order valence-electron chi connectivity index (χ0n) is 11.4. The molecule has 1 unspecified atom stereocenters. The van der Waals surface area contributed by atoms with E-state index in [0.29, 0.717) is 5.56 Å². The molecule has 1 aromatic carbocycles. The van der Waals surface area contributed by atoms with Gasteiger partial charge in [0, 0.05) is 19.2 Å². The second kappa shape index (κ2) is 7.80. The van der Waals surface area contributed by atoms with Crippen LogP contribution in [-0.2, 0) is 25.6 Å². The highest BCUT2D eigenvalue weighted by atomic mass is 16.6. The van der Waals surface area contributed by atoms with E-state index in [1.807, 2.05) is 0 Å². The van der Waals surface area contributed by atoms with Gasteiger partial charge in [-0.15, -0.1) is 0 Å². The Morgan fingerprint density at radius 1 is 1.29 bits per heavy atom. The maximum atomic E-state index is 11.5. The standard InChI is InChI=1S/C12H14N2O7/c1-19-10(11(15)20-2)13-12(16)21-7-8-3-5-9(6-4-8)14(17)18/h3-6,10H,7H2,1-2H3,(H,13,16). The van der Waals surface area contributed by atoms with Crippen molar-refractivity contribution in [2.24, 2.45) is 0 Å². The molecule has 0 saturated carbocycles. The molecule has 1 rings (SSSR count). The molecule has 114 valence electrons. The van der Waals surface area contributed by atoms with Crippen LogP contribution in [0.4, 0.5) is 10.5 Å². The van der Waals surface area contributed by atoms with Crippen LogP contribution in [0, 0.1) is 10.1 Å². The number of rotatable bonds is 6. The average Bonchev–Trinajstić information content (AvgIpc) is 2.50. The number of amides is 1. The number of nitrogens with one attached hydrogen (secondary N) is 1. The fraction of sp³-hybridized carbons (Fsp3) is 0.333. The van der Waals surface area contributed by atoms with Crippen molar-refractivity contribution in [1.82, 2.24) is 5.32 Å². The first-order chi connectivity index (χ1) is 9.97. The average molecular weight is 298 g/mol. The number of non-ortho nitro benzene ring substituents is 1. The molecule has 9 nitrogen and oxygen atoms in total. The predicted octanol–water partition coefficient (Wildman–Crippen LogP) is 0.966. The van der Waals surface area contributed by atoms with Crippen molar-refractivity contribution in [3.05, 3.63) is 39.9 Å². The number of nitro groups is 1. The van der Waals surface area contributed by atoms with Gasteiger partial charge in [-0.25, -0.2) is 9.59 Å². The van der Waals surface area contributed by atoms with Crippen molar-refractivity contribution in [2.45, 2.75) is 12.8 Å². The Bertz CT molecular complexity index is 515. The summed E-state index contributed by atoms with van der Waals surface area (Å²) in [5, 5.41) is 12.6. The van der Waals surface area contributed by atoms with Gasteiger partial charge in [-0.2, -0.15) is 0 Å². The van der Waals surface area contributed by atoms with Crippen molar-refractivity contribution >= 4 is 17.7 Å². The Morgan fingerprint density at radius 2 is 1.90 bits per heavy atom. The van der Waals surface area contributed by atoms with E-state index < -0.39 is 23.2 Å². The molecule has 0 fully saturated rings. The van der Waals surface area contributed by atoms with E-state index in [9.17, 15) is 19.7 Å². The Hall–Kier alpha value is -2.68. The zero-order valence-corrected chi connectivity index (χ0v) is 11.4. The number of nitrogens with zero attached hydrogens (tertiary/aromatic N) is 1. The topological polar surface area (TPSA) is 117 Å². The lowest BCUT2D eigenvalue weighted by molar-refractivity contribution is -0.384. The summed E-state index contributed by atoms with van der Waals surface area (Å²) in [6, 6.07) is 5.51. The van der Waals surface area contributed by atoms with Crippen molar-refractivity contribution in [3.8, 4) is 0 Å². The van der Waals surface area contributed by atoms with Crippen LogP contribution in [0.25, 0.3) is 0 Å². The molecular formula is C12H14N2O7. The van der Waals surface area contributed by atoms with Gasteiger partial charge in [-0.1, -0.05) is 0 Å². The number of ether oxygens (including phenoxy) is 3. The molecule has 0 aromatic heterocycles. The van der Waals surface area contributed by atoms with Crippen LogP contribution in [0.3, 0.4) is 0 Å². The number of nitro benzene ring substituents is 1. The second-order valence-corrected chi connectivity index (χ2v) is 3.78. The van der Waals surface area contributed by atoms with Crippen LogP contribution in [0.15, 0.2) is 24.3 Å². The number of methoxy groups -OCH3 is 2. The summed E-state index contributed by atoms with van der Waals surface area (Å²) >= 11 is 0. The first-order valence-electron chi connectivity index (χ1n) is 5.75. The first kappa shape index (κ1) is 16.4. The molecule has 0 spiro atoms. The van der Waals surface area contributed by atoms with Crippen LogP contribution >= 0.6 is 0 Å². The van der Waals surface area contributed by atoms with Gasteiger partial charge in [0.25, 0.3) is 5.69 Å². The molecule has 1 atom stereocenters. The Morgan fingerprint density at radius 3 is 2.38 bits per heavy atom. The normalized spacial score (nSPS) is 11.3. The molecule has 0 aliphatic rings. The van der Waals surface area contributed by atoms with E-state index in [1.54, 1.807) is 0 Å². The van der Waals surface area contributed by atoms with Crippen LogP contribution in [0.2, 0.25) is 0 Å². The van der Waals surface area contributed by atoms with Crippen molar-refractivity contribution in [2.75, 3.05) is 14.2 Å². The molecule has 9 heteroatoms. The van der Waals surface area contributed by atoms with Gasteiger partial charge in [-0.3, -0.25) is 15.4 Å². The third-order valence-electron chi connectivity index (χ3n) is 2.42. The largest absolute Gasteiger partial charge is 0.466 e. The molecule has 0 saturated heterocycles. The van der Waals surface area contributed by atoms with E-state index in [2.05, 4.69) is 10.1 Å². The van der Waals surface area contributed by atoms with E-state index in [1.165, 1.54) is 31.4 Å². The highest BCUT2D eigenvalue weighted by molar-refractivity contribution is 5.79. The molecule has 0 radical (unpaired) electrons. The molecule has 1 aromatic rings. The zero-order chi connectivity index (χ0) is 15.8. The van der Waals surface area contributed by atoms with Crippen molar-refractivity contribution < 1.29 is 28.7 Å². The lowest BCUT2D eigenvalue weighted by Crippen LogP contribution is -2.42. The van der Waals surface area contributed by atoms with Crippen molar-refractivity contribution in [1.29, 1.82) is 0 Å². The molecule has 0 aliphatic carbocycles. The molecule has 0 bridgehead atoms. The Kier molecular flexibility index (Phi) is 6.08. The predicted molar refractivity (Wildman–Crippen MR) is 69.2 cm³/mol. The quantitative estimate of drug-likeness (QED) is 0.360. The SMILES string of the molecule is COC(=O)C(NC(=O)OCc1ccc([N+](=O)[O-])cc1)OC. The van der Waals surface area contributed by atoms with Crippen LogP contribution < -0.4 is 5.32 Å². The Balaban J connectivity index is 2.49. The number of hydrogen-bond donors (Lipinski definition) is 1. The Labute approximate surface area is 119 Å². The van der Waals surface area contributed by atoms with Gasteiger partial charge < -0.3 is 14.2 Å². The summed E-state index contributed by atoms with van der Waals surface area (Å²) in [5.41, 5.74) is 0.496. The number of carbonyl (C=O) groups excluding carboxylic acids is 2. The smallest absolute Gasteiger partial charge is 0.409 e. The summed E-state index contributed by atoms with van der Waals surface area (Å²) in [6.45, 7) is -0.110. The van der Waals surface area contributed by atoms with Gasteiger partial charge in [0.1, 0.15) is 6.61 Å². The van der Waals surface area contributed by atoms with Crippen LogP contribution in [-0.4, -0.2) is 37.4 Å². The molecular weight excluding hydrogens is 284 g/mol. The van der Waals surface area contributed by atoms with E-state index in [4.69, 9.17) is 9.47 Å². The number of esters is 1. The number of benzene rings is 1. The molecule has 21 heavy (non-hydrogen) atoms. The van der Waals surface area contributed by atoms with Gasteiger partial charge in [0.05, 0.1) is 12.0 Å². The van der Waals surface area contributed by atoms with Gasteiger partial charge in [0.2, 0.25) is 6.23 Å². The van der Waals surface area contributed by atoms with E-state index in [0.717, 1.165) is 7.11 Å². The molecule has 1 N–H and O–H groups in total. The second-order valence-electron chi connectivity index (χ2n) is 3.78. The summed E-state index contributed by atoms with van der Waals surface area (Å²) in [7, 11) is 2.37. The minimum atomic E-state index is -1.26.